The van der Waals surface area contributed by atoms with Gasteiger partial charge in [0.2, 0.25) is 0 Å². The molecule has 0 bridgehead atoms. The van der Waals surface area contributed by atoms with E-state index in [1.54, 1.807) is 7.11 Å². The van der Waals surface area contributed by atoms with Gasteiger partial charge in [0.25, 0.3) is 0 Å². The lowest BCUT2D eigenvalue weighted by molar-refractivity contribution is 0.0241. The Morgan fingerprint density at radius 1 is 1.29 bits per heavy atom. The summed E-state index contributed by atoms with van der Waals surface area (Å²) in [5.41, 5.74) is 3.04. The molecule has 5 heteroatoms. The Balaban J connectivity index is 0.00000288. The molecule has 2 unspecified atom stereocenters. The molecular weight excluding hydrogens is 413 g/mol. The van der Waals surface area contributed by atoms with E-state index < -0.39 is 0 Å². The van der Waals surface area contributed by atoms with Gasteiger partial charge in [0.1, 0.15) is 0 Å². The first-order valence-electron chi connectivity index (χ1n) is 8.58. The van der Waals surface area contributed by atoms with E-state index in [-0.39, 0.29) is 35.5 Å². The standard InChI is InChI=1S/C19H31N3O.HI/c1-6-20-18(22-13-17(23-5)19(2,3)4)21-12-15-11-14-9-7-8-10-16(14)15;/h7-10,15,17H,6,11-13H2,1-5H3,(H2,20,21,22);1H. The minimum Gasteiger partial charge on any atom is -0.379 e. The quantitative estimate of drug-likeness (QED) is 0.400. The second kappa shape index (κ2) is 9.61. The van der Waals surface area contributed by atoms with Gasteiger partial charge in [-0.25, -0.2) is 0 Å². The number of guanidine groups is 1. The van der Waals surface area contributed by atoms with Crippen LogP contribution in [0.2, 0.25) is 0 Å². The van der Waals surface area contributed by atoms with Crippen molar-refractivity contribution in [2.75, 3.05) is 26.7 Å². The van der Waals surface area contributed by atoms with Crippen LogP contribution in [0.4, 0.5) is 0 Å². The minimum absolute atomic E-state index is 0. The molecule has 4 nitrogen and oxygen atoms in total. The minimum atomic E-state index is 0. The number of benzene rings is 1. The molecule has 2 rings (SSSR count). The molecule has 1 aliphatic carbocycles. The fourth-order valence-corrected chi connectivity index (χ4v) is 2.98. The highest BCUT2D eigenvalue weighted by Crippen LogP contribution is 2.33. The van der Waals surface area contributed by atoms with Crippen LogP contribution in [-0.4, -0.2) is 38.8 Å². The van der Waals surface area contributed by atoms with Crippen LogP contribution in [-0.2, 0) is 11.2 Å². The summed E-state index contributed by atoms with van der Waals surface area (Å²) in [5, 5.41) is 6.80. The van der Waals surface area contributed by atoms with Crippen LogP contribution in [0.15, 0.2) is 29.3 Å². The molecule has 0 aromatic heterocycles. The molecule has 0 saturated carbocycles. The fraction of sp³-hybridized carbons (Fsp3) is 0.632. The second-order valence-corrected chi connectivity index (χ2v) is 7.29. The maximum absolute atomic E-state index is 5.59. The van der Waals surface area contributed by atoms with Gasteiger partial charge in [-0.1, -0.05) is 45.0 Å². The zero-order valence-corrected chi connectivity index (χ0v) is 17.9. The first-order chi connectivity index (χ1) is 11.0. The number of rotatable bonds is 6. The summed E-state index contributed by atoms with van der Waals surface area (Å²) >= 11 is 0. The van der Waals surface area contributed by atoms with Crippen molar-refractivity contribution in [3.63, 3.8) is 0 Å². The predicted octanol–water partition coefficient (Wildman–Crippen LogP) is 3.56. The van der Waals surface area contributed by atoms with Crippen molar-refractivity contribution in [3.05, 3.63) is 35.4 Å². The van der Waals surface area contributed by atoms with E-state index in [1.165, 1.54) is 11.1 Å². The van der Waals surface area contributed by atoms with Crippen molar-refractivity contribution < 1.29 is 4.74 Å². The molecule has 2 atom stereocenters. The third-order valence-electron chi connectivity index (χ3n) is 4.49. The number of nitrogens with zero attached hydrogens (tertiary/aromatic N) is 1. The van der Waals surface area contributed by atoms with E-state index in [4.69, 9.17) is 9.73 Å². The van der Waals surface area contributed by atoms with E-state index in [1.807, 2.05) is 0 Å². The van der Waals surface area contributed by atoms with Gasteiger partial charge in [-0.2, -0.15) is 0 Å². The Morgan fingerprint density at radius 2 is 2.00 bits per heavy atom. The normalized spacial score (nSPS) is 18.0. The summed E-state index contributed by atoms with van der Waals surface area (Å²) in [6.45, 7) is 11.1. The van der Waals surface area contributed by atoms with Crippen molar-refractivity contribution >= 4 is 29.9 Å². The van der Waals surface area contributed by atoms with Gasteiger partial charge < -0.3 is 15.4 Å². The molecule has 1 aliphatic rings. The highest BCUT2D eigenvalue weighted by atomic mass is 127. The first kappa shape index (κ1) is 21.2. The lowest BCUT2D eigenvalue weighted by atomic mass is 9.78. The van der Waals surface area contributed by atoms with Crippen molar-refractivity contribution in [2.45, 2.75) is 46.1 Å². The second-order valence-electron chi connectivity index (χ2n) is 7.29. The molecule has 136 valence electrons. The number of nitrogens with one attached hydrogen (secondary N) is 2. The van der Waals surface area contributed by atoms with E-state index in [2.05, 4.69) is 62.6 Å². The number of halogens is 1. The van der Waals surface area contributed by atoms with Gasteiger partial charge in [-0.05, 0) is 29.9 Å². The summed E-state index contributed by atoms with van der Waals surface area (Å²) in [4.78, 5) is 4.71. The summed E-state index contributed by atoms with van der Waals surface area (Å²) in [6, 6.07) is 8.69. The summed E-state index contributed by atoms with van der Waals surface area (Å²) in [6.07, 6.45) is 1.27. The molecule has 24 heavy (non-hydrogen) atoms. The highest BCUT2D eigenvalue weighted by molar-refractivity contribution is 14.0. The predicted molar refractivity (Wildman–Crippen MR) is 113 cm³/mol. The Labute approximate surface area is 163 Å². The molecule has 2 N–H and O–H groups in total. The van der Waals surface area contributed by atoms with Crippen LogP contribution < -0.4 is 10.6 Å². The van der Waals surface area contributed by atoms with Crippen molar-refractivity contribution in [1.29, 1.82) is 0 Å². The van der Waals surface area contributed by atoms with Gasteiger partial charge in [0.15, 0.2) is 5.96 Å². The largest absolute Gasteiger partial charge is 0.379 e. The Bertz CT molecular complexity index is 540. The lowest BCUT2D eigenvalue weighted by Gasteiger charge is -2.31. The first-order valence-corrected chi connectivity index (χ1v) is 8.58. The number of hydrogen-bond acceptors (Lipinski definition) is 2. The summed E-state index contributed by atoms with van der Waals surface area (Å²) in [5.74, 6) is 1.47. The van der Waals surface area contributed by atoms with E-state index in [9.17, 15) is 0 Å². The van der Waals surface area contributed by atoms with Crippen LogP contribution in [0.25, 0.3) is 0 Å². The third-order valence-corrected chi connectivity index (χ3v) is 4.49. The van der Waals surface area contributed by atoms with Crippen LogP contribution in [0.3, 0.4) is 0 Å². The van der Waals surface area contributed by atoms with Crippen molar-refractivity contribution in [3.8, 4) is 0 Å². The Hall–Kier alpha value is -0.820. The lowest BCUT2D eigenvalue weighted by Crippen LogP contribution is -2.42. The summed E-state index contributed by atoms with van der Waals surface area (Å²) in [7, 11) is 1.76. The number of fused-ring (bicyclic) bond motifs is 1. The maximum Gasteiger partial charge on any atom is 0.191 e. The van der Waals surface area contributed by atoms with Gasteiger partial charge in [-0.15, -0.1) is 24.0 Å². The van der Waals surface area contributed by atoms with Gasteiger partial charge in [-0.3, -0.25) is 4.99 Å². The SMILES string of the molecule is CCNC(=NCC(OC)C(C)(C)C)NCC1Cc2ccccc21.I. The molecule has 0 amide bonds. The smallest absolute Gasteiger partial charge is 0.191 e. The van der Waals surface area contributed by atoms with Gasteiger partial charge >= 0.3 is 0 Å². The number of methoxy groups -OCH3 is 1. The molecular formula is C19H32IN3O. The molecule has 0 spiro atoms. The number of ether oxygens (including phenoxy) is 1. The molecule has 0 heterocycles. The van der Waals surface area contributed by atoms with Crippen LogP contribution in [0, 0.1) is 5.41 Å². The summed E-state index contributed by atoms with van der Waals surface area (Å²) < 4.78 is 5.59. The fourth-order valence-electron chi connectivity index (χ4n) is 2.98. The van der Waals surface area contributed by atoms with Gasteiger partial charge in [0, 0.05) is 26.1 Å². The molecule has 0 radical (unpaired) electrons. The molecule has 1 aromatic carbocycles. The number of hydrogen-bond donors (Lipinski definition) is 2. The third kappa shape index (κ3) is 5.62. The van der Waals surface area contributed by atoms with Crippen LogP contribution in [0.5, 0.6) is 0 Å². The van der Waals surface area contributed by atoms with Crippen LogP contribution in [0.1, 0.15) is 44.7 Å². The van der Waals surface area contributed by atoms with Gasteiger partial charge in [0.05, 0.1) is 12.6 Å². The zero-order chi connectivity index (χ0) is 16.9. The number of aliphatic imine (C=N–C) groups is 1. The Morgan fingerprint density at radius 3 is 2.58 bits per heavy atom. The van der Waals surface area contributed by atoms with E-state index >= 15 is 0 Å². The monoisotopic (exact) mass is 445 g/mol. The zero-order valence-electron chi connectivity index (χ0n) is 15.6. The topological polar surface area (TPSA) is 45.7 Å². The average Bonchev–Trinajstić information content (AvgIpc) is 2.47. The van der Waals surface area contributed by atoms with Crippen molar-refractivity contribution in [2.24, 2.45) is 10.4 Å². The molecule has 1 aromatic rings. The van der Waals surface area contributed by atoms with E-state index in [0.29, 0.717) is 12.5 Å². The van der Waals surface area contributed by atoms with Crippen molar-refractivity contribution in [1.82, 2.24) is 10.6 Å². The molecule has 0 aliphatic heterocycles. The van der Waals surface area contributed by atoms with E-state index in [0.717, 1.165) is 25.5 Å². The maximum atomic E-state index is 5.59. The molecule has 0 saturated heterocycles. The Kier molecular flexibility index (Phi) is 8.50. The highest BCUT2D eigenvalue weighted by Gasteiger charge is 2.26. The molecule has 0 fully saturated rings. The average molecular weight is 445 g/mol. The van der Waals surface area contributed by atoms with Crippen LogP contribution >= 0.6 is 24.0 Å².